The first-order chi connectivity index (χ1) is 18.5. The summed E-state index contributed by atoms with van der Waals surface area (Å²) in [4.78, 5) is 20.7. The van der Waals surface area contributed by atoms with Crippen LogP contribution in [0.1, 0.15) is 24.8 Å². The number of hydrogen-bond acceptors (Lipinski definition) is 8. The van der Waals surface area contributed by atoms with Crippen molar-refractivity contribution < 1.29 is 23.7 Å². The average molecular weight is 562 g/mol. The van der Waals surface area contributed by atoms with Gasteiger partial charge in [-0.25, -0.2) is 9.79 Å². The number of carbonyl (C=O) groups is 1. The van der Waals surface area contributed by atoms with Crippen molar-refractivity contribution in [3.8, 4) is 5.75 Å². The second kappa shape index (κ2) is 14.3. The highest BCUT2D eigenvalue weighted by atomic mass is 35.5. The Bertz CT molecular complexity index is 1140. The molecule has 0 bridgehead atoms. The third-order valence-corrected chi connectivity index (χ3v) is 7.22. The van der Waals surface area contributed by atoms with Crippen LogP contribution in [0, 0.1) is 0 Å². The Balaban J connectivity index is 1.14. The van der Waals surface area contributed by atoms with E-state index < -0.39 is 6.16 Å². The molecule has 0 saturated carbocycles. The molecule has 2 aromatic carbocycles. The van der Waals surface area contributed by atoms with Crippen LogP contribution in [0.2, 0.25) is 10.0 Å². The topological polar surface area (TPSA) is 72.8 Å². The predicted molar refractivity (Wildman–Crippen MR) is 150 cm³/mol. The molecule has 2 aliphatic heterocycles. The van der Waals surface area contributed by atoms with E-state index in [1.165, 1.54) is 6.08 Å². The van der Waals surface area contributed by atoms with Gasteiger partial charge in [0.1, 0.15) is 12.4 Å². The minimum Gasteiger partial charge on any atom is -0.494 e. The Kier molecular flexibility index (Phi) is 10.6. The summed E-state index contributed by atoms with van der Waals surface area (Å²) in [6.07, 6.45) is 4.13. The molecular weight excluding hydrogens is 529 g/mol. The summed E-state index contributed by atoms with van der Waals surface area (Å²) >= 11 is 12.6. The zero-order valence-electron chi connectivity index (χ0n) is 21.4. The van der Waals surface area contributed by atoms with Gasteiger partial charge in [-0.15, -0.1) is 0 Å². The third kappa shape index (κ3) is 8.03. The maximum absolute atomic E-state index is 11.4. The Morgan fingerprint density at radius 2 is 1.87 bits per heavy atom. The lowest BCUT2D eigenvalue weighted by atomic mass is 10.0. The van der Waals surface area contributed by atoms with Gasteiger partial charge in [0.15, 0.2) is 5.90 Å². The molecule has 0 atom stereocenters. The van der Waals surface area contributed by atoms with Crippen molar-refractivity contribution in [1.29, 1.82) is 0 Å². The van der Waals surface area contributed by atoms with Crippen molar-refractivity contribution in [3.05, 3.63) is 64.7 Å². The second-order valence-electron chi connectivity index (χ2n) is 9.01. The lowest BCUT2D eigenvalue weighted by molar-refractivity contribution is 0.00336. The van der Waals surface area contributed by atoms with Crippen molar-refractivity contribution in [3.63, 3.8) is 0 Å². The van der Waals surface area contributed by atoms with Crippen LogP contribution < -0.4 is 9.64 Å². The minimum absolute atomic E-state index is 0.0907. The van der Waals surface area contributed by atoms with Crippen LogP contribution >= 0.6 is 23.2 Å². The number of ether oxygens (including phenoxy) is 4. The number of piperazine rings is 1. The SMILES string of the molecule is C=CCOC(=O)OCOC1=Nc2cc(OCCCCN3CCN(c4cccc(Cl)c4Cl)CC3)ccc2CC1. The van der Waals surface area contributed by atoms with Crippen LogP contribution in [0.5, 0.6) is 5.75 Å². The van der Waals surface area contributed by atoms with Gasteiger partial charge in [0, 0.05) is 38.7 Å². The number of rotatable bonds is 11. The second-order valence-corrected chi connectivity index (χ2v) is 9.79. The Morgan fingerprint density at radius 1 is 1.03 bits per heavy atom. The number of aryl methyl sites for hydroxylation is 1. The molecule has 0 spiro atoms. The van der Waals surface area contributed by atoms with Gasteiger partial charge in [0.05, 0.1) is 28.0 Å². The number of unbranched alkanes of at least 4 members (excludes halogenated alkanes) is 1. The average Bonchev–Trinajstić information content (AvgIpc) is 2.93. The van der Waals surface area contributed by atoms with Crippen LogP contribution in [0.15, 0.2) is 54.0 Å². The van der Waals surface area contributed by atoms with Gasteiger partial charge in [-0.3, -0.25) is 4.90 Å². The molecule has 2 aromatic rings. The molecule has 0 radical (unpaired) electrons. The largest absolute Gasteiger partial charge is 0.511 e. The molecule has 10 heteroatoms. The molecule has 8 nitrogen and oxygen atoms in total. The van der Waals surface area contributed by atoms with Crippen molar-refractivity contribution in [2.24, 2.45) is 4.99 Å². The molecule has 204 valence electrons. The summed E-state index contributed by atoms with van der Waals surface area (Å²) in [7, 11) is 0. The normalized spacial score (nSPS) is 15.3. The number of halogens is 2. The van der Waals surface area contributed by atoms with Gasteiger partial charge in [-0.1, -0.05) is 48.0 Å². The number of hydrogen-bond donors (Lipinski definition) is 0. The lowest BCUT2D eigenvalue weighted by Gasteiger charge is -2.36. The van der Waals surface area contributed by atoms with E-state index in [1.54, 1.807) is 0 Å². The Hall–Kier alpha value is -2.94. The summed E-state index contributed by atoms with van der Waals surface area (Å²) in [5.74, 6) is 1.30. The smallest absolute Gasteiger partial charge is 0.494 e. The fourth-order valence-corrected chi connectivity index (χ4v) is 4.79. The van der Waals surface area contributed by atoms with Gasteiger partial charge in [0.2, 0.25) is 6.79 Å². The van der Waals surface area contributed by atoms with E-state index in [4.69, 9.17) is 42.1 Å². The molecule has 2 aliphatic rings. The first-order valence-corrected chi connectivity index (χ1v) is 13.6. The monoisotopic (exact) mass is 561 g/mol. The number of fused-ring (bicyclic) bond motifs is 1. The van der Waals surface area contributed by atoms with Crippen LogP contribution in [-0.4, -0.2) is 69.7 Å². The summed E-state index contributed by atoms with van der Waals surface area (Å²) in [6, 6.07) is 11.7. The quantitative estimate of drug-likeness (QED) is 0.139. The van der Waals surface area contributed by atoms with E-state index in [2.05, 4.69) is 21.4 Å². The minimum atomic E-state index is -0.804. The van der Waals surface area contributed by atoms with E-state index >= 15 is 0 Å². The van der Waals surface area contributed by atoms with E-state index in [-0.39, 0.29) is 13.4 Å². The van der Waals surface area contributed by atoms with Gasteiger partial charge in [-0.05, 0) is 49.6 Å². The standard InChI is InChI=1S/C28H33Cl2N3O5/c1-2-17-36-28(34)38-20-37-26-11-9-21-8-10-22(19-24(21)31-26)35-18-4-3-12-32-13-15-33(16-14-32)25-7-5-6-23(29)27(25)30/h2,5-8,10,19H,1,3-4,9,11-18,20H2. The summed E-state index contributed by atoms with van der Waals surface area (Å²) < 4.78 is 21.1. The van der Waals surface area contributed by atoms with Crippen molar-refractivity contribution in [2.75, 3.05) is 57.6 Å². The highest BCUT2D eigenvalue weighted by Crippen LogP contribution is 2.33. The lowest BCUT2D eigenvalue weighted by Crippen LogP contribution is -2.46. The first kappa shape index (κ1) is 28.1. The first-order valence-electron chi connectivity index (χ1n) is 12.8. The van der Waals surface area contributed by atoms with Crippen molar-refractivity contribution >= 4 is 46.6 Å². The summed E-state index contributed by atoms with van der Waals surface area (Å²) in [5.41, 5.74) is 2.96. The van der Waals surface area contributed by atoms with Crippen LogP contribution in [0.3, 0.4) is 0 Å². The molecule has 0 amide bonds. The zero-order chi connectivity index (χ0) is 26.7. The molecule has 4 rings (SSSR count). The Morgan fingerprint density at radius 3 is 2.68 bits per heavy atom. The van der Waals surface area contributed by atoms with Gasteiger partial charge < -0.3 is 23.8 Å². The van der Waals surface area contributed by atoms with E-state index in [0.29, 0.717) is 29.0 Å². The van der Waals surface area contributed by atoms with E-state index in [0.717, 1.165) is 74.7 Å². The molecule has 1 fully saturated rings. The fourth-order valence-electron chi connectivity index (χ4n) is 4.38. The molecule has 0 aromatic heterocycles. The molecule has 38 heavy (non-hydrogen) atoms. The molecular formula is C28H33Cl2N3O5. The summed E-state index contributed by atoms with van der Waals surface area (Å²) in [6.45, 7) is 8.87. The zero-order valence-corrected chi connectivity index (χ0v) is 22.9. The molecule has 2 heterocycles. The third-order valence-electron chi connectivity index (χ3n) is 6.41. The van der Waals surface area contributed by atoms with Crippen LogP contribution in [0.25, 0.3) is 0 Å². The Labute approximate surface area is 233 Å². The van der Waals surface area contributed by atoms with Gasteiger partial charge in [-0.2, -0.15) is 0 Å². The number of anilines is 1. The number of aliphatic imine (C=N–C) groups is 1. The highest BCUT2D eigenvalue weighted by Gasteiger charge is 2.19. The highest BCUT2D eigenvalue weighted by molar-refractivity contribution is 6.43. The summed E-state index contributed by atoms with van der Waals surface area (Å²) in [5, 5.41) is 1.23. The van der Waals surface area contributed by atoms with Crippen molar-refractivity contribution in [2.45, 2.75) is 25.7 Å². The number of carbonyl (C=O) groups excluding carboxylic acids is 1. The fraction of sp³-hybridized carbons (Fsp3) is 0.429. The molecule has 0 unspecified atom stereocenters. The maximum Gasteiger partial charge on any atom is 0.511 e. The molecule has 0 N–H and O–H groups in total. The maximum atomic E-state index is 11.4. The van der Waals surface area contributed by atoms with Gasteiger partial charge >= 0.3 is 6.16 Å². The van der Waals surface area contributed by atoms with Crippen LogP contribution in [-0.2, 0) is 20.6 Å². The number of nitrogens with zero attached hydrogens (tertiary/aromatic N) is 3. The molecule has 1 saturated heterocycles. The van der Waals surface area contributed by atoms with Gasteiger partial charge in [0.25, 0.3) is 0 Å². The van der Waals surface area contributed by atoms with E-state index in [1.807, 2.05) is 36.4 Å². The number of benzene rings is 2. The van der Waals surface area contributed by atoms with E-state index in [9.17, 15) is 4.79 Å². The van der Waals surface area contributed by atoms with Crippen LogP contribution in [0.4, 0.5) is 16.2 Å². The molecule has 0 aliphatic carbocycles. The predicted octanol–water partition coefficient (Wildman–Crippen LogP) is 6.26. The van der Waals surface area contributed by atoms with Crippen molar-refractivity contribution in [1.82, 2.24) is 4.90 Å².